The third-order valence-electron chi connectivity index (χ3n) is 2.33. The van der Waals surface area contributed by atoms with Crippen LogP contribution in [-0.2, 0) is 9.53 Å². The predicted octanol–water partition coefficient (Wildman–Crippen LogP) is 1.45. The normalized spacial score (nSPS) is 26.3. The maximum atomic E-state index is 10.9. The van der Waals surface area contributed by atoms with Gasteiger partial charge in [0.1, 0.15) is 6.61 Å². The highest BCUT2D eigenvalue weighted by molar-refractivity contribution is 9.10. The third-order valence-corrected chi connectivity index (χ3v) is 2.85. The molecule has 0 aromatic heterocycles. The van der Waals surface area contributed by atoms with Crippen molar-refractivity contribution in [1.82, 2.24) is 0 Å². The Hall–Kier alpha value is -0.870. The van der Waals surface area contributed by atoms with E-state index >= 15 is 0 Å². The van der Waals surface area contributed by atoms with Crippen LogP contribution in [0, 0.1) is 0 Å². The lowest BCUT2D eigenvalue weighted by Gasteiger charge is -2.09. The van der Waals surface area contributed by atoms with Gasteiger partial charge in [-0.15, -0.1) is 0 Å². The topological polar surface area (TPSA) is 46.5 Å². The Bertz CT molecular complexity index is 347. The molecule has 1 aromatic rings. The van der Waals surface area contributed by atoms with Gasteiger partial charge in [-0.2, -0.15) is 0 Å². The predicted molar refractivity (Wildman–Crippen MR) is 53.8 cm³/mol. The van der Waals surface area contributed by atoms with E-state index in [0.29, 0.717) is 0 Å². The molecule has 0 radical (unpaired) electrons. The van der Waals surface area contributed by atoms with Crippen molar-refractivity contribution < 1.29 is 14.6 Å². The van der Waals surface area contributed by atoms with Gasteiger partial charge in [-0.05, 0) is 17.7 Å². The molecular formula is C10H9BrO3. The molecule has 1 aliphatic rings. The lowest BCUT2D eigenvalue weighted by atomic mass is 9.96. The molecule has 74 valence electrons. The highest BCUT2D eigenvalue weighted by Gasteiger charge is 2.36. The number of halogens is 1. The van der Waals surface area contributed by atoms with Crippen molar-refractivity contribution in [2.75, 3.05) is 6.61 Å². The highest BCUT2D eigenvalue weighted by atomic mass is 79.9. The summed E-state index contributed by atoms with van der Waals surface area (Å²) in [6.07, 6.45) is -1.02. The first-order valence-corrected chi connectivity index (χ1v) is 5.08. The Labute approximate surface area is 89.8 Å². The Morgan fingerprint density at radius 3 is 2.50 bits per heavy atom. The number of aliphatic hydroxyl groups is 1. The quantitative estimate of drug-likeness (QED) is 0.774. The molecule has 1 fully saturated rings. The van der Waals surface area contributed by atoms with Crippen molar-refractivity contribution >= 4 is 21.9 Å². The summed E-state index contributed by atoms with van der Waals surface area (Å²) >= 11 is 3.32. The summed E-state index contributed by atoms with van der Waals surface area (Å²) in [6.45, 7) is 0.266. The molecule has 0 saturated carbocycles. The first-order valence-electron chi connectivity index (χ1n) is 4.28. The monoisotopic (exact) mass is 256 g/mol. The second-order valence-corrected chi connectivity index (χ2v) is 4.15. The molecule has 14 heavy (non-hydrogen) atoms. The van der Waals surface area contributed by atoms with Crippen LogP contribution >= 0.6 is 15.9 Å². The van der Waals surface area contributed by atoms with Crippen molar-refractivity contribution in [3.8, 4) is 0 Å². The molecule has 4 heteroatoms. The Morgan fingerprint density at radius 2 is 2.00 bits per heavy atom. The number of carbonyl (C=O) groups is 1. The minimum atomic E-state index is -1.02. The summed E-state index contributed by atoms with van der Waals surface area (Å²) in [4.78, 5) is 10.9. The molecule has 0 aliphatic carbocycles. The Kier molecular flexibility index (Phi) is 2.56. The van der Waals surface area contributed by atoms with Crippen LogP contribution in [-0.4, -0.2) is 23.8 Å². The average molecular weight is 257 g/mol. The van der Waals surface area contributed by atoms with Gasteiger partial charge < -0.3 is 9.84 Å². The minimum Gasteiger partial charge on any atom is -0.463 e. The Morgan fingerprint density at radius 1 is 1.36 bits per heavy atom. The SMILES string of the molecule is O=C1OCC(c2ccc(Br)cc2)C1O. The molecule has 2 atom stereocenters. The fourth-order valence-corrected chi connectivity index (χ4v) is 1.77. The van der Waals surface area contributed by atoms with Crippen LogP contribution in [0.5, 0.6) is 0 Å². The van der Waals surface area contributed by atoms with Gasteiger partial charge >= 0.3 is 5.97 Å². The number of rotatable bonds is 1. The third kappa shape index (κ3) is 1.67. The van der Waals surface area contributed by atoms with E-state index in [1.807, 2.05) is 24.3 Å². The van der Waals surface area contributed by atoms with Crippen molar-refractivity contribution in [2.45, 2.75) is 12.0 Å². The van der Waals surface area contributed by atoms with Gasteiger partial charge in [0.15, 0.2) is 6.10 Å². The van der Waals surface area contributed by atoms with Crippen molar-refractivity contribution in [3.05, 3.63) is 34.3 Å². The van der Waals surface area contributed by atoms with Crippen LogP contribution in [0.3, 0.4) is 0 Å². The molecule has 0 spiro atoms. The average Bonchev–Trinajstić information content (AvgIpc) is 2.50. The summed E-state index contributed by atoms with van der Waals surface area (Å²) in [5.74, 6) is -0.756. The zero-order valence-corrected chi connectivity index (χ0v) is 8.90. The van der Waals surface area contributed by atoms with Gasteiger partial charge in [0.2, 0.25) is 0 Å². The Balaban J connectivity index is 2.23. The summed E-state index contributed by atoms with van der Waals surface area (Å²) in [5, 5.41) is 9.49. The zero-order chi connectivity index (χ0) is 10.1. The maximum Gasteiger partial charge on any atom is 0.335 e. The van der Waals surface area contributed by atoms with Gasteiger partial charge in [0.25, 0.3) is 0 Å². The maximum absolute atomic E-state index is 10.9. The number of hydrogen-bond acceptors (Lipinski definition) is 3. The largest absolute Gasteiger partial charge is 0.463 e. The molecule has 1 aromatic carbocycles. The number of carbonyl (C=O) groups excluding carboxylic acids is 1. The van der Waals surface area contributed by atoms with Crippen LogP contribution in [0.4, 0.5) is 0 Å². The molecular weight excluding hydrogens is 248 g/mol. The lowest BCUT2D eigenvalue weighted by Crippen LogP contribution is -2.19. The summed E-state index contributed by atoms with van der Waals surface area (Å²) in [6, 6.07) is 7.51. The summed E-state index contributed by atoms with van der Waals surface area (Å²) < 4.78 is 5.73. The summed E-state index contributed by atoms with van der Waals surface area (Å²) in [5.41, 5.74) is 0.923. The van der Waals surface area contributed by atoms with Crippen molar-refractivity contribution in [1.29, 1.82) is 0 Å². The first-order chi connectivity index (χ1) is 6.68. The number of benzene rings is 1. The fourth-order valence-electron chi connectivity index (χ4n) is 1.50. The molecule has 1 saturated heterocycles. The molecule has 1 N–H and O–H groups in total. The van der Waals surface area contributed by atoms with Crippen LogP contribution in [0.15, 0.2) is 28.7 Å². The smallest absolute Gasteiger partial charge is 0.335 e. The van der Waals surface area contributed by atoms with Crippen LogP contribution < -0.4 is 0 Å². The van der Waals surface area contributed by atoms with Gasteiger partial charge in [0, 0.05) is 4.47 Å². The van der Waals surface area contributed by atoms with Gasteiger partial charge in [0.05, 0.1) is 5.92 Å². The van der Waals surface area contributed by atoms with E-state index in [0.717, 1.165) is 10.0 Å². The molecule has 0 bridgehead atoms. The lowest BCUT2D eigenvalue weighted by molar-refractivity contribution is -0.144. The molecule has 0 amide bonds. The van der Waals surface area contributed by atoms with E-state index in [2.05, 4.69) is 15.9 Å². The first kappa shape index (κ1) is 9.68. The van der Waals surface area contributed by atoms with E-state index in [9.17, 15) is 9.90 Å². The van der Waals surface area contributed by atoms with Crippen LogP contribution in [0.2, 0.25) is 0 Å². The molecule has 1 aliphatic heterocycles. The van der Waals surface area contributed by atoms with Crippen molar-refractivity contribution in [2.24, 2.45) is 0 Å². The number of ether oxygens (including phenoxy) is 1. The van der Waals surface area contributed by atoms with Gasteiger partial charge in [-0.3, -0.25) is 0 Å². The van der Waals surface area contributed by atoms with E-state index in [4.69, 9.17) is 4.74 Å². The van der Waals surface area contributed by atoms with Crippen LogP contribution in [0.25, 0.3) is 0 Å². The summed E-state index contributed by atoms with van der Waals surface area (Å²) in [7, 11) is 0. The number of esters is 1. The molecule has 2 unspecified atom stereocenters. The van der Waals surface area contributed by atoms with Gasteiger partial charge in [-0.25, -0.2) is 4.79 Å². The minimum absolute atomic E-state index is 0.226. The second-order valence-electron chi connectivity index (χ2n) is 3.23. The van der Waals surface area contributed by atoms with E-state index < -0.39 is 12.1 Å². The van der Waals surface area contributed by atoms with E-state index in [1.54, 1.807) is 0 Å². The molecule has 1 heterocycles. The van der Waals surface area contributed by atoms with Crippen molar-refractivity contribution in [3.63, 3.8) is 0 Å². The standard InChI is InChI=1S/C10H9BrO3/c11-7-3-1-6(2-4-7)8-5-14-10(13)9(8)12/h1-4,8-9,12H,5H2. The van der Waals surface area contributed by atoms with E-state index in [-0.39, 0.29) is 12.5 Å². The number of hydrogen-bond donors (Lipinski definition) is 1. The fraction of sp³-hybridized carbons (Fsp3) is 0.300. The molecule has 3 nitrogen and oxygen atoms in total. The van der Waals surface area contributed by atoms with Crippen LogP contribution in [0.1, 0.15) is 11.5 Å². The zero-order valence-electron chi connectivity index (χ0n) is 7.31. The number of aliphatic hydroxyl groups excluding tert-OH is 1. The number of cyclic esters (lactones) is 1. The van der Waals surface area contributed by atoms with E-state index in [1.165, 1.54) is 0 Å². The second kappa shape index (κ2) is 3.71. The van der Waals surface area contributed by atoms with Gasteiger partial charge in [-0.1, -0.05) is 28.1 Å². The molecule has 2 rings (SSSR count). The highest BCUT2D eigenvalue weighted by Crippen LogP contribution is 2.27.